The number of aryl methyl sites for hydroxylation is 3. The molecule has 0 bridgehead atoms. The number of aromatic nitrogens is 6. The Morgan fingerprint density at radius 3 is 2.24 bits per heavy atom. The normalized spacial score (nSPS) is 11.7. The fraction of sp³-hybridized carbons (Fsp3) is 0.250. The van der Waals surface area contributed by atoms with E-state index in [1.807, 2.05) is 35.9 Å². The average Bonchev–Trinajstić information content (AvgIpc) is 3.10. The van der Waals surface area contributed by atoms with Gasteiger partial charge in [-0.1, -0.05) is 12.1 Å². The number of hydrogen-bond acceptors (Lipinski definition) is 5. The topological polar surface area (TPSA) is 79.6 Å². The van der Waals surface area contributed by atoms with E-state index in [0.29, 0.717) is 16.3 Å². The molecule has 0 amide bonds. The largest absolute Gasteiger partial charge is 0.332 e. The smallest absolute Gasteiger partial charge is 0.322 e. The maximum absolute atomic E-state index is 12.5. The molecule has 9 heteroatoms. The molecule has 0 aliphatic heterocycles. The molecule has 3 heterocycles. The Morgan fingerprint density at radius 1 is 0.840 bits per heavy atom. The van der Waals surface area contributed by atoms with E-state index in [0.717, 1.165) is 20.8 Å². The van der Waals surface area contributed by atoms with Crippen LogP contribution >= 0.6 is 11.8 Å². The van der Waals surface area contributed by atoms with Crippen LogP contribution in [0.25, 0.3) is 22.2 Å². The lowest BCUT2D eigenvalue weighted by Crippen LogP contribution is -2.37. The Hall–Kier alpha value is -2.81. The summed E-state index contributed by atoms with van der Waals surface area (Å²) in [6.07, 6.45) is 0. The van der Waals surface area contributed by atoms with Gasteiger partial charge in [0.2, 0.25) is 0 Å². The van der Waals surface area contributed by atoms with Crippen molar-refractivity contribution in [1.29, 1.82) is 0 Å². The molecule has 0 aliphatic rings. The number of imidazole rings is 2. The third-order valence-electron chi connectivity index (χ3n) is 4.36. The summed E-state index contributed by atoms with van der Waals surface area (Å²) in [5.41, 5.74) is 1.93. The Bertz CT molecular complexity index is 1260. The molecule has 3 aromatic heterocycles. The fourth-order valence-electron chi connectivity index (χ4n) is 2.89. The van der Waals surface area contributed by atoms with Crippen molar-refractivity contribution in [2.24, 2.45) is 28.2 Å². The summed E-state index contributed by atoms with van der Waals surface area (Å²) in [4.78, 5) is 33.7. The third kappa shape index (κ3) is 2.15. The van der Waals surface area contributed by atoms with Crippen LogP contribution in [-0.2, 0) is 28.2 Å². The van der Waals surface area contributed by atoms with Gasteiger partial charge in [0.15, 0.2) is 21.5 Å². The number of benzene rings is 1. The Kier molecular flexibility index (Phi) is 3.36. The summed E-state index contributed by atoms with van der Waals surface area (Å²) < 4.78 is 6.17. The minimum atomic E-state index is -0.394. The summed E-state index contributed by atoms with van der Waals surface area (Å²) in [5, 5.41) is 1.37. The van der Waals surface area contributed by atoms with Crippen molar-refractivity contribution < 1.29 is 0 Å². The second-order valence-corrected chi connectivity index (χ2v) is 6.81. The number of rotatable bonds is 2. The predicted octanol–water partition coefficient (Wildman–Crippen LogP) is 1.01. The zero-order valence-electron chi connectivity index (χ0n) is 14.2. The lowest BCUT2D eigenvalue weighted by molar-refractivity contribution is 0.705. The van der Waals surface area contributed by atoms with Gasteiger partial charge in [0.05, 0.1) is 11.0 Å². The molecular weight excluding hydrogens is 340 g/mol. The van der Waals surface area contributed by atoms with Gasteiger partial charge >= 0.3 is 5.69 Å². The molecule has 1 aromatic carbocycles. The van der Waals surface area contributed by atoms with Crippen molar-refractivity contribution in [3.05, 3.63) is 45.1 Å². The van der Waals surface area contributed by atoms with Crippen LogP contribution < -0.4 is 11.2 Å². The molecule has 0 saturated carbocycles. The zero-order valence-corrected chi connectivity index (χ0v) is 15.0. The number of para-hydroxylation sites is 2. The summed E-state index contributed by atoms with van der Waals surface area (Å²) in [5.74, 6) is 0. The molecule has 0 fully saturated rings. The van der Waals surface area contributed by atoms with Crippen molar-refractivity contribution in [2.75, 3.05) is 0 Å². The van der Waals surface area contributed by atoms with Gasteiger partial charge in [0.1, 0.15) is 0 Å². The highest BCUT2D eigenvalue weighted by atomic mass is 32.2. The second kappa shape index (κ2) is 5.35. The SMILES string of the molecule is Cn1c(=O)c2c(nc(Sc3nc4ccccc4n3C)n2C)n(C)c1=O. The lowest BCUT2D eigenvalue weighted by Gasteiger charge is -2.03. The van der Waals surface area contributed by atoms with E-state index in [4.69, 9.17) is 0 Å². The molecule has 0 spiro atoms. The molecule has 0 aliphatic carbocycles. The highest BCUT2D eigenvalue weighted by Gasteiger charge is 2.19. The van der Waals surface area contributed by atoms with Crippen molar-refractivity contribution in [1.82, 2.24) is 28.2 Å². The highest BCUT2D eigenvalue weighted by Crippen LogP contribution is 2.29. The van der Waals surface area contributed by atoms with Gasteiger partial charge in [-0.2, -0.15) is 0 Å². The fourth-order valence-corrected chi connectivity index (χ4v) is 3.79. The zero-order chi connectivity index (χ0) is 17.9. The minimum Gasteiger partial charge on any atom is -0.322 e. The van der Waals surface area contributed by atoms with E-state index in [2.05, 4.69) is 9.97 Å². The van der Waals surface area contributed by atoms with Crippen LogP contribution in [0, 0.1) is 0 Å². The molecule has 0 saturated heterocycles. The molecule has 128 valence electrons. The molecule has 0 atom stereocenters. The van der Waals surface area contributed by atoms with Crippen LogP contribution in [0.2, 0.25) is 0 Å². The molecule has 0 unspecified atom stereocenters. The first kappa shape index (κ1) is 15.7. The monoisotopic (exact) mass is 356 g/mol. The maximum Gasteiger partial charge on any atom is 0.332 e. The van der Waals surface area contributed by atoms with Crippen LogP contribution in [0.4, 0.5) is 0 Å². The Balaban J connectivity index is 1.93. The van der Waals surface area contributed by atoms with Gasteiger partial charge in [-0.25, -0.2) is 14.8 Å². The standard InChI is InChI=1S/C16H16N6O2S/c1-19-10-8-6-5-7-9(10)17-14(19)25-15-18-12-11(20(15)2)13(23)22(4)16(24)21(12)3/h5-8H,1-4H3. The van der Waals surface area contributed by atoms with Crippen molar-refractivity contribution in [3.8, 4) is 0 Å². The van der Waals surface area contributed by atoms with Crippen molar-refractivity contribution in [3.63, 3.8) is 0 Å². The molecule has 4 rings (SSSR count). The maximum atomic E-state index is 12.5. The van der Waals surface area contributed by atoms with E-state index < -0.39 is 5.69 Å². The van der Waals surface area contributed by atoms with Gasteiger partial charge < -0.3 is 9.13 Å². The summed E-state index contributed by atoms with van der Waals surface area (Å²) in [6.45, 7) is 0. The van der Waals surface area contributed by atoms with Gasteiger partial charge in [0.25, 0.3) is 5.56 Å². The van der Waals surface area contributed by atoms with E-state index in [-0.39, 0.29) is 5.56 Å². The van der Waals surface area contributed by atoms with E-state index in [1.165, 1.54) is 23.4 Å². The van der Waals surface area contributed by atoms with Gasteiger partial charge in [-0.3, -0.25) is 13.9 Å². The van der Waals surface area contributed by atoms with Crippen LogP contribution in [-0.4, -0.2) is 28.2 Å². The van der Waals surface area contributed by atoms with Gasteiger partial charge in [-0.05, 0) is 23.9 Å². The number of nitrogens with zero attached hydrogens (tertiary/aromatic N) is 6. The minimum absolute atomic E-state index is 0.357. The Labute approximate surface area is 146 Å². The van der Waals surface area contributed by atoms with Gasteiger partial charge in [0, 0.05) is 28.2 Å². The third-order valence-corrected chi connectivity index (χ3v) is 5.46. The van der Waals surface area contributed by atoms with E-state index in [1.54, 1.807) is 18.7 Å². The molecule has 0 radical (unpaired) electrons. The molecule has 0 N–H and O–H groups in total. The second-order valence-electron chi connectivity index (χ2n) is 5.88. The predicted molar refractivity (Wildman–Crippen MR) is 96.0 cm³/mol. The molecule has 25 heavy (non-hydrogen) atoms. The van der Waals surface area contributed by atoms with Crippen molar-refractivity contribution >= 4 is 34.0 Å². The van der Waals surface area contributed by atoms with Crippen LogP contribution in [0.1, 0.15) is 0 Å². The quantitative estimate of drug-likeness (QED) is 0.535. The summed E-state index contributed by atoms with van der Waals surface area (Å²) >= 11 is 1.36. The highest BCUT2D eigenvalue weighted by molar-refractivity contribution is 7.99. The van der Waals surface area contributed by atoms with Crippen LogP contribution in [0.5, 0.6) is 0 Å². The van der Waals surface area contributed by atoms with Crippen molar-refractivity contribution in [2.45, 2.75) is 10.3 Å². The Morgan fingerprint density at radius 2 is 1.52 bits per heavy atom. The van der Waals surface area contributed by atoms with Crippen LogP contribution in [0.3, 0.4) is 0 Å². The first-order valence-electron chi connectivity index (χ1n) is 7.62. The summed E-state index contributed by atoms with van der Waals surface area (Å²) in [7, 11) is 6.79. The lowest BCUT2D eigenvalue weighted by atomic mass is 10.3. The number of hydrogen-bond donors (Lipinski definition) is 0. The average molecular weight is 356 g/mol. The van der Waals surface area contributed by atoms with Gasteiger partial charge in [-0.15, -0.1) is 0 Å². The molecular formula is C16H16N6O2S. The first-order chi connectivity index (χ1) is 11.9. The van der Waals surface area contributed by atoms with E-state index in [9.17, 15) is 9.59 Å². The summed E-state index contributed by atoms with van der Waals surface area (Å²) in [6, 6.07) is 7.86. The number of fused-ring (bicyclic) bond motifs is 2. The van der Waals surface area contributed by atoms with E-state index >= 15 is 0 Å². The molecule has 4 aromatic rings. The molecule has 8 nitrogen and oxygen atoms in total. The van der Waals surface area contributed by atoms with Crippen LogP contribution in [0.15, 0.2) is 44.2 Å². The first-order valence-corrected chi connectivity index (χ1v) is 8.43.